The Morgan fingerprint density at radius 1 is 1.19 bits per heavy atom. The van der Waals surface area contributed by atoms with Crippen molar-refractivity contribution in [3.8, 4) is 22.7 Å². The summed E-state index contributed by atoms with van der Waals surface area (Å²) < 4.78 is 40.0. The molecule has 11 nitrogen and oxygen atoms in total. The summed E-state index contributed by atoms with van der Waals surface area (Å²) in [6.45, 7) is 4.00. The van der Waals surface area contributed by atoms with Gasteiger partial charge in [0.15, 0.2) is 11.4 Å². The first kappa shape index (κ1) is 27.8. The summed E-state index contributed by atoms with van der Waals surface area (Å²) in [5.74, 6) is -0.0769. The number of amides is 1. The number of halogens is 3. The van der Waals surface area contributed by atoms with Crippen molar-refractivity contribution in [1.82, 2.24) is 39.6 Å². The second-order valence-electron chi connectivity index (χ2n) is 10.9. The molecule has 4 aromatic heterocycles. The van der Waals surface area contributed by atoms with Crippen LogP contribution in [-0.4, -0.2) is 71.7 Å². The Morgan fingerprint density at radius 2 is 2.00 bits per heavy atom. The lowest BCUT2D eigenvalue weighted by molar-refractivity contribution is -0.0498. The third-order valence-corrected chi connectivity index (χ3v) is 6.85. The van der Waals surface area contributed by atoms with E-state index in [9.17, 15) is 13.6 Å². The zero-order valence-corrected chi connectivity index (χ0v) is 23.7. The van der Waals surface area contributed by atoms with Crippen LogP contribution >= 0.6 is 11.6 Å². The van der Waals surface area contributed by atoms with Crippen LogP contribution in [0, 0.1) is 0 Å². The molecule has 1 amide bonds. The van der Waals surface area contributed by atoms with Gasteiger partial charge in [-0.1, -0.05) is 11.6 Å². The molecule has 5 aromatic rings. The van der Waals surface area contributed by atoms with Crippen molar-refractivity contribution in [2.75, 3.05) is 13.1 Å². The normalized spacial score (nSPS) is 14.5. The number of fused-ring (bicyclic) bond motifs is 2. The molecule has 0 aliphatic carbocycles. The maximum absolute atomic E-state index is 13.3. The van der Waals surface area contributed by atoms with Crippen LogP contribution in [0.15, 0.2) is 55.1 Å². The second-order valence-corrected chi connectivity index (χ2v) is 11.4. The first-order valence-corrected chi connectivity index (χ1v) is 13.5. The number of aromatic nitrogens is 6. The number of benzene rings is 1. The summed E-state index contributed by atoms with van der Waals surface area (Å²) in [7, 11) is 0. The van der Waals surface area contributed by atoms with Gasteiger partial charge in [0, 0.05) is 48.6 Å². The third-order valence-electron chi connectivity index (χ3n) is 6.61. The van der Waals surface area contributed by atoms with E-state index in [1.165, 1.54) is 22.9 Å². The molecule has 0 radical (unpaired) electrons. The fourth-order valence-corrected chi connectivity index (χ4v) is 5.02. The predicted molar refractivity (Wildman–Crippen MR) is 151 cm³/mol. The Bertz CT molecular complexity index is 1780. The minimum absolute atomic E-state index is 0.0694. The van der Waals surface area contributed by atoms with Gasteiger partial charge < -0.3 is 14.8 Å². The maximum atomic E-state index is 13.3. The zero-order valence-electron chi connectivity index (χ0n) is 23.0. The van der Waals surface area contributed by atoms with Gasteiger partial charge in [-0.05, 0) is 51.1 Å². The summed E-state index contributed by atoms with van der Waals surface area (Å²) >= 11 is 6.28. The van der Waals surface area contributed by atoms with Gasteiger partial charge in [0.1, 0.15) is 11.3 Å². The van der Waals surface area contributed by atoms with Gasteiger partial charge in [-0.25, -0.2) is 19.0 Å². The fraction of sp³-hybridized carbons (Fsp3) is 0.321. The minimum atomic E-state index is -3.04. The Labute approximate surface area is 244 Å². The van der Waals surface area contributed by atoms with Gasteiger partial charge in [0.25, 0.3) is 0 Å². The lowest BCUT2D eigenvalue weighted by Gasteiger charge is -2.39. The zero-order chi connectivity index (χ0) is 29.6. The summed E-state index contributed by atoms with van der Waals surface area (Å²) in [4.78, 5) is 23.3. The van der Waals surface area contributed by atoms with E-state index in [0.29, 0.717) is 52.8 Å². The molecule has 14 heteroatoms. The van der Waals surface area contributed by atoms with Gasteiger partial charge in [-0.15, -0.1) is 0 Å². The Kier molecular flexibility index (Phi) is 7.15. The summed E-state index contributed by atoms with van der Waals surface area (Å²) in [5, 5.41) is 13.1. The minimum Gasteiger partial charge on any atom is -0.444 e. The number of hydrogen-bond donors (Lipinski definition) is 1. The standard InChI is InChI=1S/C28H27ClF2N8O3/c1-28(2,3)42-27(40)35-17-13-37(14-17)15-21-18-11-33-20(19-12-34-38-8-4-7-32-25(19)38)10-22(18)39(36-21)23-9-16(29)5-6-24(23)41-26(30)31/h4-12,17,26H,13-15H2,1-3H3,(H,35,40). The van der Waals surface area contributed by atoms with E-state index in [1.54, 1.807) is 35.4 Å². The molecule has 0 saturated carbocycles. The molecule has 0 unspecified atom stereocenters. The lowest BCUT2D eigenvalue weighted by Crippen LogP contribution is -2.59. The molecule has 218 valence electrons. The van der Waals surface area contributed by atoms with E-state index in [-0.39, 0.29) is 17.5 Å². The molecular weight excluding hydrogens is 570 g/mol. The van der Waals surface area contributed by atoms with Crippen molar-refractivity contribution in [1.29, 1.82) is 0 Å². The van der Waals surface area contributed by atoms with Crippen LogP contribution < -0.4 is 10.1 Å². The third kappa shape index (κ3) is 5.70. The van der Waals surface area contributed by atoms with Crippen molar-refractivity contribution in [3.05, 3.63) is 65.8 Å². The van der Waals surface area contributed by atoms with Gasteiger partial charge in [-0.3, -0.25) is 9.88 Å². The van der Waals surface area contributed by atoms with E-state index < -0.39 is 18.3 Å². The molecule has 1 saturated heterocycles. The Hall–Kier alpha value is -4.36. The SMILES string of the molecule is CC(C)(C)OC(=O)NC1CN(Cc2nn(-c3cc(Cl)ccc3OC(F)F)c3cc(-c4cnn5cccnc45)ncc23)C1. The predicted octanol–water partition coefficient (Wildman–Crippen LogP) is 5.09. The quantitative estimate of drug-likeness (QED) is 0.276. The molecular formula is C28H27ClF2N8O3. The van der Waals surface area contributed by atoms with Crippen LogP contribution in [0.25, 0.3) is 33.5 Å². The van der Waals surface area contributed by atoms with Crippen LogP contribution in [0.3, 0.4) is 0 Å². The number of carbonyl (C=O) groups excluding carboxylic acids is 1. The van der Waals surface area contributed by atoms with Crippen molar-refractivity contribution in [2.45, 2.75) is 45.6 Å². The van der Waals surface area contributed by atoms with Gasteiger partial charge in [0.05, 0.1) is 34.7 Å². The average Bonchev–Trinajstić information content (AvgIpc) is 3.48. The molecule has 1 aliphatic rings. The largest absolute Gasteiger partial charge is 0.444 e. The highest BCUT2D eigenvalue weighted by molar-refractivity contribution is 6.30. The first-order chi connectivity index (χ1) is 20.0. The fourth-order valence-electron chi connectivity index (χ4n) is 4.85. The second kappa shape index (κ2) is 10.8. The van der Waals surface area contributed by atoms with Crippen LogP contribution in [0.1, 0.15) is 26.5 Å². The van der Waals surface area contributed by atoms with Crippen molar-refractivity contribution < 1.29 is 23.0 Å². The number of pyridine rings is 1. The molecule has 1 N–H and O–H groups in total. The maximum Gasteiger partial charge on any atom is 0.407 e. The molecule has 0 bridgehead atoms. The number of ether oxygens (including phenoxy) is 2. The van der Waals surface area contributed by atoms with E-state index in [2.05, 4.69) is 25.3 Å². The number of likely N-dealkylation sites (tertiary alicyclic amines) is 1. The van der Waals surface area contributed by atoms with Gasteiger partial charge in [-0.2, -0.15) is 19.0 Å². The van der Waals surface area contributed by atoms with E-state index in [0.717, 1.165) is 5.39 Å². The molecule has 0 atom stereocenters. The highest BCUT2D eigenvalue weighted by Gasteiger charge is 2.31. The van der Waals surface area contributed by atoms with Crippen molar-refractivity contribution in [3.63, 3.8) is 0 Å². The molecule has 6 rings (SSSR count). The molecule has 1 fully saturated rings. The van der Waals surface area contributed by atoms with Crippen LogP contribution in [0.2, 0.25) is 5.02 Å². The topological polar surface area (TPSA) is 112 Å². The summed E-state index contributed by atoms with van der Waals surface area (Å²) in [5.41, 5.74) is 2.83. The van der Waals surface area contributed by atoms with Crippen LogP contribution in [-0.2, 0) is 11.3 Å². The van der Waals surface area contributed by atoms with E-state index >= 15 is 0 Å². The molecule has 5 heterocycles. The first-order valence-electron chi connectivity index (χ1n) is 13.2. The van der Waals surface area contributed by atoms with Crippen molar-refractivity contribution in [2.24, 2.45) is 0 Å². The number of nitrogens with zero attached hydrogens (tertiary/aromatic N) is 7. The average molecular weight is 597 g/mol. The molecule has 0 spiro atoms. The van der Waals surface area contributed by atoms with Crippen LogP contribution in [0.4, 0.5) is 13.6 Å². The number of nitrogens with one attached hydrogen (secondary N) is 1. The number of alkyl carbamates (subject to hydrolysis) is 1. The van der Waals surface area contributed by atoms with E-state index in [4.69, 9.17) is 26.2 Å². The van der Waals surface area contributed by atoms with Crippen LogP contribution in [0.5, 0.6) is 5.75 Å². The smallest absolute Gasteiger partial charge is 0.407 e. The van der Waals surface area contributed by atoms with Gasteiger partial charge in [0.2, 0.25) is 0 Å². The molecule has 1 aromatic carbocycles. The Balaban J connectivity index is 1.36. The number of hydrogen-bond acceptors (Lipinski definition) is 8. The number of alkyl halides is 2. The van der Waals surface area contributed by atoms with Gasteiger partial charge >= 0.3 is 12.7 Å². The number of rotatable bonds is 7. The highest BCUT2D eigenvalue weighted by Crippen LogP contribution is 2.34. The molecule has 42 heavy (non-hydrogen) atoms. The summed E-state index contributed by atoms with van der Waals surface area (Å²) in [6, 6.07) is 7.90. The van der Waals surface area contributed by atoms with Crippen molar-refractivity contribution >= 4 is 34.2 Å². The lowest BCUT2D eigenvalue weighted by atomic mass is 10.1. The summed E-state index contributed by atoms with van der Waals surface area (Å²) in [6.07, 6.45) is 6.35. The number of carbonyl (C=O) groups is 1. The highest BCUT2D eigenvalue weighted by atomic mass is 35.5. The van der Waals surface area contributed by atoms with E-state index in [1.807, 2.05) is 26.8 Å². The monoisotopic (exact) mass is 596 g/mol. The Morgan fingerprint density at radius 3 is 2.76 bits per heavy atom. The molecule has 1 aliphatic heterocycles.